The fraction of sp³-hybridized carbons (Fsp3) is 0.417. The Morgan fingerprint density at radius 3 is 1.90 bits per heavy atom. The number of alkyl halides is 7. The van der Waals surface area contributed by atoms with E-state index in [1.807, 2.05) is 0 Å². The summed E-state index contributed by atoms with van der Waals surface area (Å²) in [6, 6.07) is 5.94. The van der Waals surface area contributed by atoms with Crippen molar-refractivity contribution in [2.45, 2.75) is 31.5 Å². The van der Waals surface area contributed by atoms with Crippen molar-refractivity contribution in [1.82, 2.24) is 5.32 Å². The highest BCUT2D eigenvalue weighted by molar-refractivity contribution is 5.84. The van der Waals surface area contributed by atoms with Crippen LogP contribution in [0.4, 0.5) is 30.7 Å². The Morgan fingerprint density at radius 2 is 1.48 bits per heavy atom. The van der Waals surface area contributed by atoms with Gasteiger partial charge in [0.2, 0.25) is 0 Å². The zero-order valence-electron chi connectivity index (χ0n) is 10.6. The van der Waals surface area contributed by atoms with Crippen LogP contribution in [-0.2, 0) is 11.3 Å². The Balaban J connectivity index is 2.80. The maximum Gasteiger partial charge on any atom is 0.460 e. The number of carbonyl (C=O) groups is 1. The molecule has 0 radical (unpaired) electrons. The number of hydrogen-bond donors (Lipinski definition) is 1. The smallest absolute Gasteiger partial charge is 0.347 e. The lowest BCUT2D eigenvalue weighted by atomic mass is 10.1. The fourth-order valence-electron chi connectivity index (χ4n) is 1.32. The molecule has 0 aromatic heterocycles. The number of nitrogens with one attached hydrogen (secondary N) is 1. The summed E-state index contributed by atoms with van der Waals surface area (Å²) in [5.74, 6) is -15.0. The Kier molecular flexibility index (Phi) is 4.54. The van der Waals surface area contributed by atoms with E-state index < -0.39 is 30.5 Å². The molecule has 0 saturated carbocycles. The van der Waals surface area contributed by atoms with Crippen LogP contribution in [0.2, 0.25) is 0 Å². The fourth-order valence-corrected chi connectivity index (χ4v) is 1.32. The topological polar surface area (TPSA) is 29.1 Å². The minimum Gasteiger partial charge on any atom is -0.347 e. The largest absolute Gasteiger partial charge is 0.460 e. The van der Waals surface area contributed by atoms with Gasteiger partial charge in [0.1, 0.15) is 0 Å². The van der Waals surface area contributed by atoms with E-state index in [0.29, 0.717) is 0 Å². The number of hydrogen-bond acceptors (Lipinski definition) is 1. The third-order valence-corrected chi connectivity index (χ3v) is 2.61. The van der Waals surface area contributed by atoms with Crippen molar-refractivity contribution in [3.05, 3.63) is 35.4 Å². The number of aryl methyl sites for hydroxylation is 1. The summed E-state index contributed by atoms with van der Waals surface area (Å²) in [5.41, 5.74) is 1.10. The molecule has 0 fully saturated rings. The monoisotopic (exact) mass is 317 g/mol. The second-order valence-electron chi connectivity index (χ2n) is 4.31. The quantitative estimate of drug-likeness (QED) is 0.847. The van der Waals surface area contributed by atoms with Gasteiger partial charge in [-0.15, -0.1) is 0 Å². The molecule has 0 saturated heterocycles. The molecule has 0 atom stereocenters. The standard InChI is InChI=1S/C12H10F7NO/c1-7-2-4-8(5-3-7)6-20-9(21)10(13,14)11(15,16)12(17,18)19/h2-5H,6H2,1H3,(H,20,21). The van der Waals surface area contributed by atoms with Gasteiger partial charge >= 0.3 is 18.0 Å². The van der Waals surface area contributed by atoms with Gasteiger partial charge in [-0.05, 0) is 12.5 Å². The SMILES string of the molecule is Cc1ccc(CNC(=O)C(F)(F)C(F)(F)C(F)(F)F)cc1. The molecule has 0 aliphatic heterocycles. The van der Waals surface area contributed by atoms with Crippen LogP contribution in [0.3, 0.4) is 0 Å². The van der Waals surface area contributed by atoms with Gasteiger partial charge in [0.05, 0.1) is 0 Å². The predicted molar refractivity (Wildman–Crippen MR) is 59.0 cm³/mol. The van der Waals surface area contributed by atoms with Crippen LogP contribution in [0.5, 0.6) is 0 Å². The van der Waals surface area contributed by atoms with E-state index in [1.165, 1.54) is 17.4 Å². The first kappa shape index (κ1) is 17.3. The van der Waals surface area contributed by atoms with E-state index in [-0.39, 0.29) is 5.56 Å². The van der Waals surface area contributed by atoms with Gasteiger partial charge in [-0.2, -0.15) is 30.7 Å². The zero-order valence-corrected chi connectivity index (χ0v) is 10.6. The van der Waals surface area contributed by atoms with Crippen LogP contribution in [0.15, 0.2) is 24.3 Å². The minimum atomic E-state index is -6.53. The maximum absolute atomic E-state index is 13.0. The summed E-state index contributed by atoms with van der Waals surface area (Å²) >= 11 is 0. The number of benzene rings is 1. The molecule has 2 nitrogen and oxygen atoms in total. The third-order valence-electron chi connectivity index (χ3n) is 2.61. The highest BCUT2D eigenvalue weighted by Gasteiger charge is 2.76. The Labute approximate surface area is 114 Å². The van der Waals surface area contributed by atoms with Crippen molar-refractivity contribution in [2.75, 3.05) is 0 Å². The molecule has 1 rings (SSSR count). The highest BCUT2D eigenvalue weighted by atomic mass is 19.4. The van der Waals surface area contributed by atoms with E-state index in [9.17, 15) is 35.5 Å². The van der Waals surface area contributed by atoms with E-state index in [2.05, 4.69) is 0 Å². The molecule has 0 spiro atoms. The Bertz CT molecular complexity index is 507. The van der Waals surface area contributed by atoms with E-state index >= 15 is 0 Å². The second kappa shape index (κ2) is 5.53. The summed E-state index contributed by atoms with van der Waals surface area (Å²) in [6.07, 6.45) is -6.53. The molecule has 0 aliphatic carbocycles. The predicted octanol–water partition coefficient (Wildman–Crippen LogP) is 3.44. The third kappa shape index (κ3) is 3.45. The molecule has 1 amide bonds. The van der Waals surface area contributed by atoms with Crippen molar-refractivity contribution in [1.29, 1.82) is 0 Å². The van der Waals surface area contributed by atoms with Crippen LogP contribution < -0.4 is 5.32 Å². The molecule has 118 valence electrons. The summed E-state index contributed by atoms with van der Waals surface area (Å²) < 4.78 is 86.8. The molecule has 0 aliphatic rings. The zero-order chi connectivity index (χ0) is 16.5. The summed E-state index contributed by atoms with van der Waals surface area (Å²) in [4.78, 5) is 11.0. The first-order chi connectivity index (χ1) is 9.39. The van der Waals surface area contributed by atoms with Crippen molar-refractivity contribution in [2.24, 2.45) is 0 Å². The van der Waals surface area contributed by atoms with Crippen LogP contribution in [0.1, 0.15) is 11.1 Å². The second-order valence-corrected chi connectivity index (χ2v) is 4.31. The molecule has 0 unspecified atom stereocenters. The van der Waals surface area contributed by atoms with Gasteiger partial charge in [-0.3, -0.25) is 4.79 Å². The van der Waals surface area contributed by atoms with E-state index in [1.54, 1.807) is 19.1 Å². The van der Waals surface area contributed by atoms with Gasteiger partial charge in [0.25, 0.3) is 5.91 Å². The first-order valence-electron chi connectivity index (χ1n) is 5.56. The Hall–Kier alpha value is -1.80. The summed E-state index contributed by atoms with van der Waals surface area (Å²) in [5, 5.41) is 1.37. The number of amides is 1. The van der Waals surface area contributed by atoms with Gasteiger partial charge in [0.15, 0.2) is 0 Å². The van der Waals surface area contributed by atoms with Crippen molar-refractivity contribution < 1.29 is 35.5 Å². The molecular formula is C12H10F7NO. The molecule has 1 aromatic rings. The average molecular weight is 317 g/mol. The van der Waals surface area contributed by atoms with Crippen molar-refractivity contribution >= 4 is 5.91 Å². The summed E-state index contributed by atoms with van der Waals surface area (Å²) in [6.45, 7) is 1.13. The normalized spacial score (nSPS) is 13.1. The Morgan fingerprint density at radius 1 is 1.00 bits per heavy atom. The molecule has 1 N–H and O–H groups in total. The molecule has 9 heteroatoms. The lowest BCUT2D eigenvalue weighted by Crippen LogP contribution is -2.59. The minimum absolute atomic E-state index is 0.278. The molecule has 1 aromatic carbocycles. The van der Waals surface area contributed by atoms with E-state index in [0.717, 1.165) is 5.56 Å². The lowest BCUT2D eigenvalue weighted by Gasteiger charge is -2.27. The van der Waals surface area contributed by atoms with Crippen LogP contribution in [0, 0.1) is 6.92 Å². The van der Waals surface area contributed by atoms with Gasteiger partial charge in [-0.25, -0.2) is 0 Å². The molecule has 0 heterocycles. The van der Waals surface area contributed by atoms with Crippen LogP contribution >= 0.6 is 0 Å². The highest BCUT2D eigenvalue weighted by Crippen LogP contribution is 2.46. The van der Waals surface area contributed by atoms with Gasteiger partial charge < -0.3 is 5.32 Å². The first-order valence-corrected chi connectivity index (χ1v) is 5.56. The van der Waals surface area contributed by atoms with Crippen LogP contribution in [0.25, 0.3) is 0 Å². The number of rotatable bonds is 4. The average Bonchev–Trinajstić information content (AvgIpc) is 2.36. The molecule has 0 bridgehead atoms. The van der Waals surface area contributed by atoms with Crippen molar-refractivity contribution in [3.8, 4) is 0 Å². The van der Waals surface area contributed by atoms with Crippen LogP contribution in [-0.4, -0.2) is 23.9 Å². The number of halogens is 7. The van der Waals surface area contributed by atoms with Crippen molar-refractivity contribution in [3.63, 3.8) is 0 Å². The van der Waals surface area contributed by atoms with E-state index in [4.69, 9.17) is 0 Å². The number of carbonyl (C=O) groups excluding carboxylic acids is 1. The summed E-state index contributed by atoms with van der Waals surface area (Å²) in [7, 11) is 0. The molecule has 21 heavy (non-hydrogen) atoms. The van der Waals surface area contributed by atoms with Gasteiger partial charge in [0, 0.05) is 6.54 Å². The molecular weight excluding hydrogens is 307 g/mol. The maximum atomic E-state index is 13.0. The lowest BCUT2D eigenvalue weighted by molar-refractivity contribution is -0.344. The van der Waals surface area contributed by atoms with Gasteiger partial charge in [-0.1, -0.05) is 29.8 Å².